The molecule has 0 unspecified atom stereocenters. The second-order valence-electron chi connectivity index (χ2n) is 6.13. The molecule has 26 heavy (non-hydrogen) atoms. The average Bonchev–Trinajstić information content (AvgIpc) is 3.10. The van der Waals surface area contributed by atoms with Crippen LogP contribution in [-0.2, 0) is 17.8 Å². The molecule has 0 aliphatic carbocycles. The predicted octanol–water partition coefficient (Wildman–Crippen LogP) is 4.24. The molecule has 0 saturated heterocycles. The second-order valence-corrected chi connectivity index (χ2v) is 6.57. The predicted molar refractivity (Wildman–Crippen MR) is 99.8 cm³/mol. The summed E-state index contributed by atoms with van der Waals surface area (Å²) in [7, 11) is 0. The van der Waals surface area contributed by atoms with Gasteiger partial charge in [0.15, 0.2) is 5.76 Å². The molecule has 3 aromatic rings. The van der Waals surface area contributed by atoms with E-state index >= 15 is 0 Å². The summed E-state index contributed by atoms with van der Waals surface area (Å²) in [5, 5.41) is 4.69. The van der Waals surface area contributed by atoms with Crippen LogP contribution in [0.4, 0.5) is 0 Å². The van der Waals surface area contributed by atoms with Gasteiger partial charge in [-0.25, -0.2) is 0 Å². The van der Waals surface area contributed by atoms with E-state index in [1.807, 2.05) is 61.5 Å². The summed E-state index contributed by atoms with van der Waals surface area (Å²) in [5.74, 6) is 0.833. The van der Waals surface area contributed by atoms with E-state index < -0.39 is 0 Å². The number of primary amides is 1. The minimum Gasteiger partial charge on any atom is -0.486 e. The SMILES string of the molecule is C[C@@H](Cc1ccc(OCc2cc(-c3cccc(Cl)c3)no2)cc1)C(N)=O. The second kappa shape index (κ2) is 8.06. The molecular weight excluding hydrogens is 352 g/mol. The summed E-state index contributed by atoms with van der Waals surface area (Å²) < 4.78 is 11.0. The Hall–Kier alpha value is -2.79. The van der Waals surface area contributed by atoms with E-state index in [2.05, 4.69) is 5.16 Å². The molecule has 6 heteroatoms. The molecule has 0 saturated carbocycles. The van der Waals surface area contributed by atoms with Gasteiger partial charge >= 0.3 is 0 Å². The van der Waals surface area contributed by atoms with Crippen molar-refractivity contribution < 1.29 is 14.1 Å². The van der Waals surface area contributed by atoms with Crippen molar-refractivity contribution in [1.82, 2.24) is 5.16 Å². The van der Waals surface area contributed by atoms with Crippen LogP contribution in [0.15, 0.2) is 59.1 Å². The first kappa shape index (κ1) is 18.0. The standard InChI is InChI=1S/C20H19ClN2O3/c1-13(20(22)24)9-14-5-7-17(8-6-14)25-12-18-11-19(23-26-18)15-3-2-4-16(21)10-15/h2-8,10-11,13H,9,12H2,1H3,(H2,22,24)/t13-/m0/s1. The Balaban J connectivity index is 1.58. The number of benzene rings is 2. The first-order chi connectivity index (χ1) is 12.5. The topological polar surface area (TPSA) is 78.3 Å². The third-order valence-corrected chi connectivity index (χ3v) is 4.25. The first-order valence-corrected chi connectivity index (χ1v) is 8.61. The summed E-state index contributed by atoms with van der Waals surface area (Å²) in [6.07, 6.45) is 0.612. The van der Waals surface area contributed by atoms with E-state index in [9.17, 15) is 4.79 Å². The fraction of sp³-hybridized carbons (Fsp3) is 0.200. The number of ether oxygens (including phenoxy) is 1. The number of halogens is 1. The van der Waals surface area contributed by atoms with E-state index in [0.717, 1.165) is 11.1 Å². The highest BCUT2D eigenvalue weighted by Crippen LogP contribution is 2.23. The number of nitrogens with two attached hydrogens (primary N) is 1. The van der Waals surface area contributed by atoms with Gasteiger partial charge in [0, 0.05) is 22.6 Å². The number of aromatic nitrogens is 1. The third-order valence-electron chi connectivity index (χ3n) is 4.01. The monoisotopic (exact) mass is 370 g/mol. The van der Waals surface area contributed by atoms with Gasteiger partial charge < -0.3 is 15.0 Å². The fourth-order valence-electron chi connectivity index (χ4n) is 2.50. The lowest BCUT2D eigenvalue weighted by Gasteiger charge is -2.08. The van der Waals surface area contributed by atoms with Crippen LogP contribution in [0, 0.1) is 5.92 Å². The van der Waals surface area contributed by atoms with Crippen LogP contribution in [0.2, 0.25) is 5.02 Å². The smallest absolute Gasteiger partial charge is 0.220 e. The molecule has 2 N–H and O–H groups in total. The molecule has 1 heterocycles. The van der Waals surface area contributed by atoms with E-state index in [1.165, 1.54) is 0 Å². The van der Waals surface area contributed by atoms with Gasteiger partial charge in [0.1, 0.15) is 18.1 Å². The summed E-state index contributed by atoms with van der Waals surface area (Å²) in [6.45, 7) is 2.08. The van der Waals surface area contributed by atoms with Crippen LogP contribution in [0.1, 0.15) is 18.2 Å². The van der Waals surface area contributed by atoms with Gasteiger partial charge in [0.05, 0.1) is 0 Å². The minimum atomic E-state index is -0.300. The van der Waals surface area contributed by atoms with Crippen molar-refractivity contribution in [3.8, 4) is 17.0 Å². The van der Waals surface area contributed by atoms with E-state index in [-0.39, 0.29) is 18.4 Å². The van der Waals surface area contributed by atoms with Crippen LogP contribution in [0.5, 0.6) is 5.75 Å². The number of carbonyl (C=O) groups is 1. The Morgan fingerprint density at radius 1 is 1.23 bits per heavy atom. The molecule has 5 nitrogen and oxygen atoms in total. The highest BCUT2D eigenvalue weighted by molar-refractivity contribution is 6.30. The Morgan fingerprint density at radius 3 is 2.69 bits per heavy atom. The van der Waals surface area contributed by atoms with E-state index in [1.54, 1.807) is 0 Å². The molecule has 0 aliphatic rings. The number of nitrogens with zero attached hydrogens (tertiary/aromatic N) is 1. The molecule has 0 bridgehead atoms. The Morgan fingerprint density at radius 2 is 2.00 bits per heavy atom. The molecule has 3 rings (SSSR count). The van der Waals surface area contributed by atoms with Crippen molar-refractivity contribution >= 4 is 17.5 Å². The van der Waals surface area contributed by atoms with Gasteiger partial charge in [0.2, 0.25) is 5.91 Å². The lowest BCUT2D eigenvalue weighted by atomic mass is 10.0. The molecule has 0 spiro atoms. The number of carbonyl (C=O) groups excluding carboxylic acids is 1. The quantitative estimate of drug-likeness (QED) is 0.674. The van der Waals surface area contributed by atoms with Crippen LogP contribution >= 0.6 is 11.6 Å². The molecule has 1 atom stereocenters. The highest BCUT2D eigenvalue weighted by Gasteiger charge is 2.10. The molecule has 134 valence electrons. The summed E-state index contributed by atoms with van der Waals surface area (Å²) in [6, 6.07) is 16.8. The average molecular weight is 371 g/mol. The van der Waals surface area contributed by atoms with Gasteiger partial charge in [-0.2, -0.15) is 0 Å². The maximum Gasteiger partial charge on any atom is 0.220 e. The number of rotatable bonds is 7. The van der Waals surface area contributed by atoms with Crippen LogP contribution in [-0.4, -0.2) is 11.1 Å². The van der Waals surface area contributed by atoms with Gasteiger partial charge in [0.25, 0.3) is 0 Å². The first-order valence-electron chi connectivity index (χ1n) is 8.24. The normalized spacial score (nSPS) is 11.9. The molecule has 0 radical (unpaired) electrons. The molecule has 0 aliphatic heterocycles. The van der Waals surface area contributed by atoms with Gasteiger partial charge in [-0.05, 0) is 36.2 Å². The fourth-order valence-corrected chi connectivity index (χ4v) is 2.69. The zero-order valence-electron chi connectivity index (χ0n) is 14.3. The summed E-state index contributed by atoms with van der Waals surface area (Å²) in [5.41, 5.74) is 7.92. The van der Waals surface area contributed by atoms with Crippen molar-refractivity contribution in [2.75, 3.05) is 0 Å². The van der Waals surface area contributed by atoms with E-state index in [4.69, 9.17) is 26.6 Å². The van der Waals surface area contributed by atoms with Crippen LogP contribution in [0.3, 0.4) is 0 Å². The molecule has 0 fully saturated rings. The van der Waals surface area contributed by atoms with Crippen molar-refractivity contribution in [3.63, 3.8) is 0 Å². The molecule has 1 amide bonds. The van der Waals surface area contributed by atoms with Crippen molar-refractivity contribution in [3.05, 3.63) is 70.9 Å². The van der Waals surface area contributed by atoms with Crippen molar-refractivity contribution in [1.29, 1.82) is 0 Å². The Bertz CT molecular complexity index is 890. The zero-order chi connectivity index (χ0) is 18.5. The van der Waals surface area contributed by atoms with E-state index in [0.29, 0.717) is 28.6 Å². The number of hydrogen-bond acceptors (Lipinski definition) is 4. The number of hydrogen-bond donors (Lipinski definition) is 1. The van der Waals surface area contributed by atoms with Crippen molar-refractivity contribution in [2.24, 2.45) is 11.7 Å². The molecule has 1 aromatic heterocycles. The lowest BCUT2D eigenvalue weighted by Crippen LogP contribution is -2.22. The molecular formula is C20H19ClN2O3. The third kappa shape index (κ3) is 4.64. The summed E-state index contributed by atoms with van der Waals surface area (Å²) >= 11 is 6.00. The van der Waals surface area contributed by atoms with Crippen LogP contribution < -0.4 is 10.5 Å². The maximum absolute atomic E-state index is 11.1. The lowest BCUT2D eigenvalue weighted by molar-refractivity contribution is -0.121. The number of amides is 1. The maximum atomic E-state index is 11.1. The Labute approximate surface area is 156 Å². The zero-order valence-corrected chi connectivity index (χ0v) is 15.1. The van der Waals surface area contributed by atoms with Gasteiger partial charge in [-0.15, -0.1) is 0 Å². The minimum absolute atomic E-state index is 0.194. The van der Waals surface area contributed by atoms with Gasteiger partial charge in [-0.1, -0.05) is 47.9 Å². The van der Waals surface area contributed by atoms with Crippen LogP contribution in [0.25, 0.3) is 11.3 Å². The molecule has 2 aromatic carbocycles. The van der Waals surface area contributed by atoms with Crippen molar-refractivity contribution in [2.45, 2.75) is 20.0 Å². The Kier molecular flexibility index (Phi) is 5.58. The van der Waals surface area contributed by atoms with Gasteiger partial charge in [-0.3, -0.25) is 4.79 Å². The highest BCUT2D eigenvalue weighted by atomic mass is 35.5. The summed E-state index contributed by atoms with van der Waals surface area (Å²) in [4.78, 5) is 11.1. The largest absolute Gasteiger partial charge is 0.486 e.